The summed E-state index contributed by atoms with van der Waals surface area (Å²) in [6, 6.07) is 0. The summed E-state index contributed by atoms with van der Waals surface area (Å²) in [4.78, 5) is 0. The van der Waals surface area contributed by atoms with Gasteiger partial charge in [-0.2, -0.15) is 6.42 Å². The van der Waals surface area contributed by atoms with Crippen LogP contribution in [-0.2, 0) is 0 Å². The van der Waals surface area contributed by atoms with Crippen molar-refractivity contribution in [2.45, 2.75) is 96.3 Å². The van der Waals surface area contributed by atoms with E-state index in [4.69, 9.17) is 5.11 Å². The molecule has 0 rings (SSSR count). The topological polar surface area (TPSA) is 20.2 Å². The third kappa shape index (κ3) is 21.4. The molecule has 0 heterocycles. The number of unbranched alkanes of at least 4 members (excludes halogenated alkanes) is 14. The molecular weight excluding hydrogens is 243 g/mol. The number of hydrogen-bond donors (Lipinski definition) is 1. The summed E-state index contributed by atoms with van der Waals surface area (Å²) in [5.74, 6) is 0. The Morgan fingerprint density at radius 3 is 1.00 bits per heavy atom. The van der Waals surface area contributed by atoms with Crippen LogP contribution in [0.5, 0.6) is 0 Å². The van der Waals surface area contributed by atoms with Gasteiger partial charge in [0, 0.05) is 6.61 Å². The summed E-state index contributed by atoms with van der Waals surface area (Å²) in [5.41, 5.74) is 0. The second-order valence-corrected chi connectivity index (χ2v) is 5.53. The first kappa shape index (κ1) is 22.2. The van der Waals surface area contributed by atoms with E-state index in [1.165, 1.54) is 83.5 Å². The predicted octanol–water partition coefficient (Wildman–Crippen LogP) is 2.67. The van der Waals surface area contributed by atoms with E-state index in [9.17, 15) is 0 Å². The van der Waals surface area contributed by atoms with E-state index in [0.29, 0.717) is 6.61 Å². The summed E-state index contributed by atoms with van der Waals surface area (Å²) < 4.78 is 0. The molecule has 1 nitrogen and oxygen atoms in total. The van der Waals surface area contributed by atoms with Crippen molar-refractivity contribution in [3.8, 4) is 0 Å². The van der Waals surface area contributed by atoms with Crippen molar-refractivity contribution < 1.29 is 34.7 Å². The van der Waals surface area contributed by atoms with Crippen molar-refractivity contribution in [2.75, 3.05) is 6.61 Å². The minimum Gasteiger partial charge on any atom is -0.396 e. The molecule has 0 fully saturated rings. The first-order valence-corrected chi connectivity index (χ1v) is 8.32. The van der Waals surface area contributed by atoms with Gasteiger partial charge in [-0.3, -0.25) is 0 Å². The van der Waals surface area contributed by atoms with E-state index in [1.807, 2.05) is 0 Å². The third-order valence-corrected chi connectivity index (χ3v) is 3.66. The Balaban J connectivity index is 0. The fourth-order valence-electron chi connectivity index (χ4n) is 2.41. The second kappa shape index (κ2) is 21.3. The van der Waals surface area contributed by atoms with E-state index in [2.05, 4.69) is 6.92 Å². The standard InChI is InChI=1S/C17H35O.Na/c1-2-3-4-5-6-7-8-9-10-11-12-13-14-15-16-17-18;/h18H,1-17H2;/q-1;+1. The Morgan fingerprint density at radius 1 is 0.474 bits per heavy atom. The Bertz CT molecular complexity index is 123. The van der Waals surface area contributed by atoms with Crippen LogP contribution >= 0.6 is 0 Å². The van der Waals surface area contributed by atoms with Gasteiger partial charge in [-0.15, -0.1) is 0 Å². The van der Waals surface area contributed by atoms with Crippen molar-refractivity contribution >= 4 is 0 Å². The Morgan fingerprint density at radius 2 is 0.737 bits per heavy atom. The second-order valence-electron chi connectivity index (χ2n) is 5.53. The number of aliphatic hydroxyl groups excluding tert-OH is 1. The first-order valence-electron chi connectivity index (χ1n) is 8.32. The molecule has 110 valence electrons. The number of rotatable bonds is 15. The van der Waals surface area contributed by atoms with Crippen LogP contribution in [0.15, 0.2) is 0 Å². The van der Waals surface area contributed by atoms with Crippen LogP contribution in [-0.4, -0.2) is 11.7 Å². The van der Waals surface area contributed by atoms with Gasteiger partial charge >= 0.3 is 29.6 Å². The predicted molar refractivity (Wildman–Crippen MR) is 81.7 cm³/mol. The van der Waals surface area contributed by atoms with Crippen LogP contribution in [0.25, 0.3) is 0 Å². The fourth-order valence-corrected chi connectivity index (χ4v) is 2.41. The summed E-state index contributed by atoms with van der Waals surface area (Å²) in [6.45, 7) is 4.24. The maximum Gasteiger partial charge on any atom is 1.00 e. The third-order valence-electron chi connectivity index (χ3n) is 3.66. The first-order chi connectivity index (χ1) is 8.91. The minimum absolute atomic E-state index is 0. The van der Waals surface area contributed by atoms with Crippen molar-refractivity contribution in [1.29, 1.82) is 0 Å². The van der Waals surface area contributed by atoms with Gasteiger partial charge in [0.2, 0.25) is 0 Å². The zero-order chi connectivity index (χ0) is 13.3. The average molecular weight is 278 g/mol. The van der Waals surface area contributed by atoms with Crippen LogP contribution in [0.3, 0.4) is 0 Å². The van der Waals surface area contributed by atoms with E-state index >= 15 is 0 Å². The monoisotopic (exact) mass is 278 g/mol. The molecule has 2 heteroatoms. The van der Waals surface area contributed by atoms with Gasteiger partial charge in [0.1, 0.15) is 0 Å². The number of hydrogen-bond acceptors (Lipinski definition) is 1. The molecule has 0 aliphatic heterocycles. The van der Waals surface area contributed by atoms with Crippen molar-refractivity contribution in [3.05, 3.63) is 6.92 Å². The average Bonchev–Trinajstić information content (AvgIpc) is 2.39. The van der Waals surface area contributed by atoms with Crippen LogP contribution in [0.1, 0.15) is 96.3 Å². The molecular formula is C17H35NaO. The summed E-state index contributed by atoms with van der Waals surface area (Å²) in [5, 5.41) is 8.65. The van der Waals surface area contributed by atoms with Gasteiger partial charge in [0.25, 0.3) is 0 Å². The quantitative estimate of drug-likeness (QED) is 0.277. The molecule has 0 aromatic carbocycles. The van der Waals surface area contributed by atoms with Gasteiger partial charge in [-0.1, -0.05) is 83.5 Å². The molecule has 1 N–H and O–H groups in total. The number of aliphatic hydroxyl groups is 1. The molecule has 0 amide bonds. The molecule has 0 saturated heterocycles. The summed E-state index contributed by atoms with van der Waals surface area (Å²) in [7, 11) is 0. The molecule has 19 heavy (non-hydrogen) atoms. The molecule has 0 aliphatic rings. The Hall–Kier alpha value is 0.960. The molecule has 0 radical (unpaired) electrons. The molecule has 0 aliphatic carbocycles. The molecule has 0 atom stereocenters. The SMILES string of the molecule is [CH2-]CCCCCCCCCCCCCCCCO.[Na+]. The minimum atomic E-state index is 0. The van der Waals surface area contributed by atoms with Gasteiger partial charge in [-0.05, 0) is 6.42 Å². The Labute approximate surface area is 144 Å². The van der Waals surface area contributed by atoms with Gasteiger partial charge < -0.3 is 12.0 Å². The normalized spacial score (nSPS) is 10.4. The molecule has 0 bridgehead atoms. The zero-order valence-electron chi connectivity index (χ0n) is 13.5. The fraction of sp³-hybridized carbons (Fsp3) is 0.941. The maximum atomic E-state index is 8.65. The van der Waals surface area contributed by atoms with Gasteiger partial charge in [-0.25, -0.2) is 0 Å². The molecule has 0 aromatic heterocycles. The van der Waals surface area contributed by atoms with Gasteiger partial charge in [0.05, 0.1) is 0 Å². The van der Waals surface area contributed by atoms with Crippen LogP contribution in [0.2, 0.25) is 0 Å². The molecule has 0 aromatic rings. The van der Waals surface area contributed by atoms with Crippen LogP contribution < -0.4 is 29.6 Å². The van der Waals surface area contributed by atoms with E-state index in [0.717, 1.165) is 12.8 Å². The Kier molecular flexibility index (Phi) is 24.9. The van der Waals surface area contributed by atoms with Gasteiger partial charge in [0.15, 0.2) is 0 Å². The van der Waals surface area contributed by atoms with Crippen molar-refractivity contribution in [3.63, 3.8) is 0 Å². The van der Waals surface area contributed by atoms with E-state index in [1.54, 1.807) is 0 Å². The summed E-state index contributed by atoms with van der Waals surface area (Å²) >= 11 is 0. The largest absolute Gasteiger partial charge is 1.00 e. The summed E-state index contributed by atoms with van der Waals surface area (Å²) in [6.07, 6.45) is 20.1. The molecule has 0 spiro atoms. The molecule has 0 unspecified atom stereocenters. The van der Waals surface area contributed by atoms with Crippen molar-refractivity contribution in [2.24, 2.45) is 0 Å². The molecule has 0 saturated carbocycles. The van der Waals surface area contributed by atoms with E-state index in [-0.39, 0.29) is 29.6 Å². The van der Waals surface area contributed by atoms with Crippen molar-refractivity contribution in [1.82, 2.24) is 0 Å². The van der Waals surface area contributed by atoms with E-state index < -0.39 is 0 Å². The maximum absolute atomic E-state index is 8.65. The van der Waals surface area contributed by atoms with Crippen LogP contribution in [0.4, 0.5) is 0 Å². The smallest absolute Gasteiger partial charge is 0.396 e. The zero-order valence-corrected chi connectivity index (χ0v) is 15.5. The van der Waals surface area contributed by atoms with Crippen LogP contribution in [0, 0.1) is 6.92 Å².